The molecule has 0 aliphatic heterocycles. The third-order valence-corrected chi connectivity index (χ3v) is 4.52. The van der Waals surface area contributed by atoms with Crippen molar-refractivity contribution in [2.75, 3.05) is 6.54 Å². The average Bonchev–Trinajstić information content (AvgIpc) is 3.26. The Hall–Kier alpha value is -2.64. The van der Waals surface area contributed by atoms with Gasteiger partial charge < -0.3 is 20.2 Å². The largest absolute Gasteiger partial charge is 0.467 e. The van der Waals surface area contributed by atoms with Crippen molar-refractivity contribution < 1.29 is 19.1 Å². The first kappa shape index (κ1) is 16.2. The van der Waals surface area contributed by atoms with E-state index in [0.29, 0.717) is 5.76 Å². The monoisotopic (exact) mass is 344 g/mol. The van der Waals surface area contributed by atoms with Gasteiger partial charge in [-0.25, -0.2) is 0 Å². The van der Waals surface area contributed by atoms with Gasteiger partial charge in [0.25, 0.3) is 0 Å². The fraction of sp³-hybridized carbons (Fsp3) is 0.176. The summed E-state index contributed by atoms with van der Waals surface area (Å²) in [5.41, 5.74) is 0.742. The summed E-state index contributed by atoms with van der Waals surface area (Å²) in [6.07, 6.45) is 0.617. The number of carbonyl (C=O) groups is 2. The lowest BCUT2D eigenvalue weighted by atomic mass is 10.1. The molecule has 2 heterocycles. The van der Waals surface area contributed by atoms with Gasteiger partial charge in [-0.3, -0.25) is 9.59 Å². The Labute approximate surface area is 142 Å². The fourth-order valence-electron chi connectivity index (χ4n) is 2.30. The Kier molecular flexibility index (Phi) is 4.93. The maximum absolute atomic E-state index is 11.8. The van der Waals surface area contributed by atoms with Crippen LogP contribution in [0.15, 0.2) is 52.5 Å². The molecule has 0 saturated carbocycles. The van der Waals surface area contributed by atoms with Crippen LogP contribution in [0.5, 0.6) is 0 Å². The first-order chi connectivity index (χ1) is 11.6. The number of amides is 2. The lowest BCUT2D eigenvalue weighted by Gasteiger charge is -2.11. The smallest absolute Gasteiger partial charge is 0.309 e. The number of carbonyl (C=O) groups excluding carboxylic acids is 2. The number of rotatable bonds is 5. The van der Waals surface area contributed by atoms with Gasteiger partial charge in [0.15, 0.2) is 0 Å². The van der Waals surface area contributed by atoms with Crippen LogP contribution in [-0.2, 0) is 16.1 Å². The minimum atomic E-state index is -0.872. The number of fused-ring (bicyclic) bond motifs is 1. The minimum absolute atomic E-state index is 0.0340. The zero-order chi connectivity index (χ0) is 16.9. The molecule has 0 bridgehead atoms. The molecule has 1 atom stereocenters. The Morgan fingerprint density at radius 2 is 1.92 bits per heavy atom. The zero-order valence-corrected chi connectivity index (χ0v) is 13.5. The molecule has 3 aromatic rings. The molecule has 0 aliphatic carbocycles. The van der Waals surface area contributed by atoms with Gasteiger partial charge >= 0.3 is 11.8 Å². The van der Waals surface area contributed by atoms with Gasteiger partial charge in [0.1, 0.15) is 5.76 Å². The van der Waals surface area contributed by atoms with Crippen molar-refractivity contribution in [2.45, 2.75) is 12.6 Å². The lowest BCUT2D eigenvalue weighted by molar-refractivity contribution is -0.139. The van der Waals surface area contributed by atoms with Gasteiger partial charge in [-0.1, -0.05) is 18.2 Å². The zero-order valence-electron chi connectivity index (χ0n) is 12.7. The van der Waals surface area contributed by atoms with Crippen LogP contribution in [0.25, 0.3) is 10.1 Å². The van der Waals surface area contributed by atoms with Gasteiger partial charge in [-0.2, -0.15) is 0 Å². The van der Waals surface area contributed by atoms with Gasteiger partial charge in [0, 0.05) is 16.8 Å². The van der Waals surface area contributed by atoms with Crippen LogP contribution in [0.4, 0.5) is 0 Å². The highest BCUT2D eigenvalue weighted by molar-refractivity contribution is 7.17. The number of nitrogens with one attached hydrogen (secondary N) is 2. The number of furan rings is 1. The summed E-state index contributed by atoms with van der Waals surface area (Å²) in [7, 11) is 0. The molecule has 7 heteroatoms. The Morgan fingerprint density at radius 1 is 1.12 bits per heavy atom. The van der Waals surface area contributed by atoms with Crippen LogP contribution in [0, 0.1) is 0 Å². The number of benzene rings is 1. The van der Waals surface area contributed by atoms with E-state index in [2.05, 4.69) is 10.6 Å². The summed E-state index contributed by atoms with van der Waals surface area (Å²) in [5.74, 6) is -1.00. The lowest BCUT2D eigenvalue weighted by Crippen LogP contribution is -2.41. The molecular weight excluding hydrogens is 328 g/mol. The molecule has 3 rings (SSSR count). The molecular formula is C17H16N2O4S. The quantitative estimate of drug-likeness (QED) is 0.617. The van der Waals surface area contributed by atoms with Gasteiger partial charge in [0.05, 0.1) is 18.9 Å². The molecule has 0 fully saturated rings. The molecule has 124 valence electrons. The molecule has 0 aliphatic rings. The van der Waals surface area contributed by atoms with Crippen molar-refractivity contribution in [1.82, 2.24) is 10.6 Å². The topological polar surface area (TPSA) is 91.6 Å². The molecule has 6 nitrogen and oxygen atoms in total. The van der Waals surface area contributed by atoms with Crippen LogP contribution >= 0.6 is 11.3 Å². The van der Waals surface area contributed by atoms with Gasteiger partial charge in [0.2, 0.25) is 0 Å². The van der Waals surface area contributed by atoms with Crippen LogP contribution < -0.4 is 10.6 Å². The van der Waals surface area contributed by atoms with Crippen LogP contribution in [0.3, 0.4) is 0 Å². The third-order valence-electron chi connectivity index (χ3n) is 3.54. The summed E-state index contributed by atoms with van der Waals surface area (Å²) in [6.45, 7) is 0.102. The number of aliphatic hydroxyl groups is 1. The van der Waals surface area contributed by atoms with Crippen LogP contribution in [-0.4, -0.2) is 23.5 Å². The molecule has 0 saturated heterocycles. The van der Waals surface area contributed by atoms with E-state index in [1.807, 2.05) is 29.6 Å². The maximum Gasteiger partial charge on any atom is 0.309 e. The number of thiophene rings is 1. The van der Waals surface area contributed by atoms with E-state index < -0.39 is 17.9 Å². The predicted molar refractivity (Wildman–Crippen MR) is 90.3 cm³/mol. The van der Waals surface area contributed by atoms with Crippen molar-refractivity contribution in [2.24, 2.45) is 0 Å². The highest BCUT2D eigenvalue weighted by Crippen LogP contribution is 2.29. The number of hydrogen-bond donors (Lipinski definition) is 3. The van der Waals surface area contributed by atoms with E-state index in [1.54, 1.807) is 12.1 Å². The van der Waals surface area contributed by atoms with E-state index in [1.165, 1.54) is 17.6 Å². The fourth-order valence-corrected chi connectivity index (χ4v) is 3.30. The SMILES string of the molecule is O=C(NCc1ccco1)C(=O)NC[C@@H](O)c1csc2ccccc12. The summed E-state index contributed by atoms with van der Waals surface area (Å²) >= 11 is 1.53. The first-order valence-electron chi connectivity index (χ1n) is 7.38. The molecule has 2 aromatic heterocycles. The molecule has 2 amide bonds. The van der Waals surface area contributed by atoms with Gasteiger partial charge in [-0.05, 0) is 29.0 Å². The second-order valence-electron chi connectivity index (χ2n) is 5.18. The van der Waals surface area contributed by atoms with E-state index in [-0.39, 0.29) is 13.1 Å². The van der Waals surface area contributed by atoms with Gasteiger partial charge in [-0.15, -0.1) is 11.3 Å². The average molecular weight is 344 g/mol. The summed E-state index contributed by atoms with van der Waals surface area (Å²) < 4.78 is 6.13. The van der Waals surface area contributed by atoms with Crippen molar-refractivity contribution in [3.05, 3.63) is 59.4 Å². The van der Waals surface area contributed by atoms with Crippen molar-refractivity contribution in [1.29, 1.82) is 0 Å². The Morgan fingerprint density at radius 3 is 2.71 bits per heavy atom. The van der Waals surface area contributed by atoms with Crippen molar-refractivity contribution >= 4 is 33.2 Å². The van der Waals surface area contributed by atoms with E-state index in [4.69, 9.17) is 4.42 Å². The molecule has 0 radical (unpaired) electrons. The molecule has 0 unspecified atom stereocenters. The normalized spacial score (nSPS) is 12.0. The number of aliphatic hydroxyl groups excluding tert-OH is 1. The molecule has 24 heavy (non-hydrogen) atoms. The van der Waals surface area contributed by atoms with Crippen molar-refractivity contribution in [3.63, 3.8) is 0 Å². The van der Waals surface area contributed by atoms with Crippen LogP contribution in [0.1, 0.15) is 17.4 Å². The number of hydrogen-bond acceptors (Lipinski definition) is 5. The Balaban J connectivity index is 1.52. The Bertz CT molecular complexity index is 841. The standard InChI is InChI=1S/C17H16N2O4S/c20-14(13-10-24-15-6-2-1-5-12(13)15)9-19-17(22)16(21)18-8-11-4-3-7-23-11/h1-7,10,14,20H,8-9H2,(H,18,21)(H,19,22)/t14-/m1/s1. The second kappa shape index (κ2) is 7.29. The molecule has 1 aromatic carbocycles. The first-order valence-corrected chi connectivity index (χ1v) is 8.25. The maximum atomic E-state index is 11.8. The molecule has 0 spiro atoms. The van der Waals surface area contributed by atoms with Crippen LogP contribution in [0.2, 0.25) is 0 Å². The predicted octanol–water partition coefficient (Wildman–Crippen LogP) is 1.96. The van der Waals surface area contributed by atoms with E-state index >= 15 is 0 Å². The summed E-state index contributed by atoms with van der Waals surface area (Å²) in [4.78, 5) is 23.5. The van der Waals surface area contributed by atoms with E-state index in [9.17, 15) is 14.7 Å². The highest BCUT2D eigenvalue weighted by Gasteiger charge is 2.17. The van der Waals surface area contributed by atoms with E-state index in [0.717, 1.165) is 15.6 Å². The summed E-state index contributed by atoms with van der Waals surface area (Å²) in [5, 5.41) is 18.0. The second-order valence-corrected chi connectivity index (χ2v) is 6.09. The molecule has 3 N–H and O–H groups in total. The summed E-state index contributed by atoms with van der Waals surface area (Å²) in [6, 6.07) is 11.1. The third kappa shape index (κ3) is 3.64. The van der Waals surface area contributed by atoms with Crippen molar-refractivity contribution in [3.8, 4) is 0 Å². The minimum Gasteiger partial charge on any atom is -0.467 e. The highest BCUT2D eigenvalue weighted by atomic mass is 32.1.